The van der Waals surface area contributed by atoms with Crippen LogP contribution in [0, 0.1) is 13.8 Å². The molecule has 7 heteroatoms. The van der Waals surface area contributed by atoms with E-state index in [9.17, 15) is 4.79 Å². The number of anilines is 1. The molecule has 1 aromatic carbocycles. The van der Waals surface area contributed by atoms with Crippen molar-refractivity contribution in [3.8, 4) is 11.5 Å². The number of hydrogen-bond acceptors (Lipinski definition) is 4. The largest absolute Gasteiger partial charge is 0.486 e. The van der Waals surface area contributed by atoms with Gasteiger partial charge in [0.05, 0.1) is 23.6 Å². The van der Waals surface area contributed by atoms with Gasteiger partial charge in [-0.1, -0.05) is 12.1 Å². The number of rotatable bonds is 3. The maximum absolute atomic E-state index is 11.9. The minimum absolute atomic E-state index is 0.216. The van der Waals surface area contributed by atoms with E-state index in [2.05, 4.69) is 20.8 Å². The summed E-state index contributed by atoms with van der Waals surface area (Å²) < 4.78 is 11.4. The normalized spacial score (nSPS) is 16.2. The van der Waals surface area contributed by atoms with Crippen LogP contribution in [0.2, 0.25) is 0 Å². The number of carbonyl (C=O) groups is 1. The maximum Gasteiger partial charge on any atom is 0.319 e. The molecule has 0 bridgehead atoms. The molecule has 116 valence electrons. The number of hydrogen-bond donors (Lipinski definition) is 3. The predicted molar refractivity (Wildman–Crippen MR) is 81.4 cm³/mol. The first-order valence-corrected chi connectivity index (χ1v) is 7.08. The van der Waals surface area contributed by atoms with Crippen molar-refractivity contribution in [3.05, 3.63) is 35.7 Å². The molecule has 3 rings (SSSR count). The van der Waals surface area contributed by atoms with E-state index in [1.807, 2.05) is 38.1 Å². The van der Waals surface area contributed by atoms with Gasteiger partial charge in [0, 0.05) is 0 Å². The molecular formula is C15H18N4O3. The van der Waals surface area contributed by atoms with E-state index in [1.54, 1.807) is 0 Å². The number of nitrogens with zero attached hydrogens (tertiary/aromatic N) is 1. The fourth-order valence-corrected chi connectivity index (χ4v) is 2.26. The number of H-pyrrole nitrogens is 1. The number of ether oxygens (including phenoxy) is 2. The number of aromatic nitrogens is 2. The summed E-state index contributed by atoms with van der Waals surface area (Å²) in [7, 11) is 0. The van der Waals surface area contributed by atoms with E-state index in [0.717, 1.165) is 17.1 Å². The summed E-state index contributed by atoms with van der Waals surface area (Å²) in [5.74, 6) is 1.43. The molecule has 3 N–H and O–H groups in total. The highest BCUT2D eigenvalue weighted by atomic mass is 16.6. The zero-order valence-electron chi connectivity index (χ0n) is 12.5. The number of aryl methyl sites for hydroxylation is 2. The summed E-state index contributed by atoms with van der Waals surface area (Å²) in [6, 6.07) is 7.18. The summed E-state index contributed by atoms with van der Waals surface area (Å²) in [5, 5.41) is 12.4. The number of aromatic amines is 1. The van der Waals surface area contributed by atoms with E-state index in [0.29, 0.717) is 24.6 Å². The van der Waals surface area contributed by atoms with Crippen LogP contribution in [0.15, 0.2) is 24.3 Å². The average Bonchev–Trinajstić information content (AvgIpc) is 2.84. The Bertz CT molecular complexity index is 664. The highest BCUT2D eigenvalue weighted by Crippen LogP contribution is 2.30. The summed E-state index contributed by atoms with van der Waals surface area (Å²) in [6.07, 6.45) is -0.216. The lowest BCUT2D eigenvalue weighted by molar-refractivity contribution is 0.0922. The molecule has 1 aliphatic rings. The van der Waals surface area contributed by atoms with Crippen molar-refractivity contribution in [2.24, 2.45) is 0 Å². The van der Waals surface area contributed by atoms with E-state index in [-0.39, 0.29) is 12.1 Å². The van der Waals surface area contributed by atoms with Crippen LogP contribution >= 0.6 is 0 Å². The van der Waals surface area contributed by atoms with Gasteiger partial charge in [0.25, 0.3) is 0 Å². The molecule has 1 atom stereocenters. The fraction of sp³-hybridized carbons (Fsp3) is 0.333. The van der Waals surface area contributed by atoms with Crippen molar-refractivity contribution in [1.82, 2.24) is 15.5 Å². The molecule has 2 amide bonds. The lowest BCUT2D eigenvalue weighted by atomic mass is 10.2. The van der Waals surface area contributed by atoms with Gasteiger partial charge in [-0.05, 0) is 26.0 Å². The van der Waals surface area contributed by atoms with Crippen LogP contribution in [-0.2, 0) is 0 Å². The summed E-state index contributed by atoms with van der Waals surface area (Å²) >= 11 is 0. The van der Waals surface area contributed by atoms with Gasteiger partial charge in [0.15, 0.2) is 17.6 Å². The number of amides is 2. The van der Waals surface area contributed by atoms with Crippen molar-refractivity contribution < 1.29 is 14.3 Å². The Morgan fingerprint density at radius 2 is 2.14 bits per heavy atom. The van der Waals surface area contributed by atoms with Gasteiger partial charge in [0.1, 0.15) is 6.61 Å². The molecule has 0 radical (unpaired) electrons. The number of urea groups is 1. The average molecular weight is 302 g/mol. The third-order valence-electron chi connectivity index (χ3n) is 3.42. The van der Waals surface area contributed by atoms with E-state index >= 15 is 0 Å². The van der Waals surface area contributed by atoms with Gasteiger partial charge in [-0.2, -0.15) is 5.10 Å². The molecule has 22 heavy (non-hydrogen) atoms. The smallest absolute Gasteiger partial charge is 0.319 e. The highest BCUT2D eigenvalue weighted by Gasteiger charge is 2.21. The molecule has 0 unspecified atom stereocenters. The van der Waals surface area contributed by atoms with Crippen LogP contribution in [0.1, 0.15) is 11.4 Å². The number of carbonyl (C=O) groups excluding carboxylic acids is 1. The molecule has 2 heterocycles. The summed E-state index contributed by atoms with van der Waals surface area (Å²) in [5.41, 5.74) is 2.27. The van der Waals surface area contributed by atoms with Crippen molar-refractivity contribution >= 4 is 11.7 Å². The fourth-order valence-electron chi connectivity index (χ4n) is 2.26. The van der Waals surface area contributed by atoms with Crippen LogP contribution in [0.25, 0.3) is 0 Å². The van der Waals surface area contributed by atoms with Crippen LogP contribution in [0.4, 0.5) is 10.5 Å². The van der Waals surface area contributed by atoms with Gasteiger partial charge in [-0.25, -0.2) is 4.79 Å². The molecule has 7 nitrogen and oxygen atoms in total. The van der Waals surface area contributed by atoms with Crippen LogP contribution in [0.3, 0.4) is 0 Å². The Kier molecular flexibility index (Phi) is 3.86. The van der Waals surface area contributed by atoms with Crippen LogP contribution in [-0.4, -0.2) is 35.5 Å². The van der Waals surface area contributed by atoms with E-state index in [1.165, 1.54) is 0 Å². The first-order chi connectivity index (χ1) is 10.6. The van der Waals surface area contributed by atoms with Crippen molar-refractivity contribution in [3.63, 3.8) is 0 Å². The Balaban J connectivity index is 1.52. The SMILES string of the molecule is Cc1n[nH]c(C)c1NC(=O)NC[C@@H]1COc2ccccc2O1. The third kappa shape index (κ3) is 2.98. The molecule has 1 aromatic heterocycles. The second-order valence-corrected chi connectivity index (χ2v) is 5.14. The van der Waals surface area contributed by atoms with Gasteiger partial charge in [0.2, 0.25) is 0 Å². The van der Waals surface area contributed by atoms with Gasteiger partial charge >= 0.3 is 6.03 Å². The quantitative estimate of drug-likeness (QED) is 0.809. The Morgan fingerprint density at radius 1 is 1.36 bits per heavy atom. The molecule has 2 aromatic rings. The van der Waals surface area contributed by atoms with E-state index < -0.39 is 0 Å². The molecular weight excluding hydrogens is 284 g/mol. The van der Waals surface area contributed by atoms with Gasteiger partial charge in [-0.15, -0.1) is 0 Å². The molecule has 0 fully saturated rings. The second-order valence-electron chi connectivity index (χ2n) is 5.14. The minimum atomic E-state index is -0.296. The Hall–Kier alpha value is -2.70. The van der Waals surface area contributed by atoms with Gasteiger partial charge < -0.3 is 20.1 Å². The number of para-hydroxylation sites is 2. The summed E-state index contributed by atoms with van der Waals surface area (Å²) in [6.45, 7) is 4.44. The number of nitrogens with one attached hydrogen (secondary N) is 3. The minimum Gasteiger partial charge on any atom is -0.486 e. The van der Waals surface area contributed by atoms with Gasteiger partial charge in [-0.3, -0.25) is 5.10 Å². The lowest BCUT2D eigenvalue weighted by Crippen LogP contribution is -2.42. The van der Waals surface area contributed by atoms with Crippen molar-refractivity contribution in [2.45, 2.75) is 20.0 Å². The number of fused-ring (bicyclic) bond motifs is 1. The first kappa shape index (κ1) is 14.2. The lowest BCUT2D eigenvalue weighted by Gasteiger charge is -2.26. The van der Waals surface area contributed by atoms with Crippen LogP contribution < -0.4 is 20.1 Å². The standard InChI is InChI=1S/C15H18N4O3/c1-9-14(10(2)19-18-9)17-15(20)16-7-11-8-21-12-5-3-4-6-13(12)22-11/h3-6,11H,7-8H2,1-2H3,(H,18,19)(H2,16,17,20)/t11-/m1/s1. The molecule has 0 saturated carbocycles. The molecule has 0 aliphatic carbocycles. The zero-order valence-corrected chi connectivity index (χ0v) is 12.5. The zero-order chi connectivity index (χ0) is 15.5. The molecule has 1 aliphatic heterocycles. The topological polar surface area (TPSA) is 88.3 Å². The van der Waals surface area contributed by atoms with Crippen molar-refractivity contribution in [2.75, 3.05) is 18.5 Å². The monoisotopic (exact) mass is 302 g/mol. The number of benzene rings is 1. The van der Waals surface area contributed by atoms with Crippen LogP contribution in [0.5, 0.6) is 11.5 Å². The highest BCUT2D eigenvalue weighted by molar-refractivity contribution is 5.90. The molecule has 0 saturated heterocycles. The summed E-state index contributed by atoms with van der Waals surface area (Å²) in [4.78, 5) is 11.9. The second kappa shape index (κ2) is 5.97. The first-order valence-electron chi connectivity index (χ1n) is 7.08. The van der Waals surface area contributed by atoms with Crippen molar-refractivity contribution in [1.29, 1.82) is 0 Å². The predicted octanol–water partition coefficient (Wildman–Crippen LogP) is 1.99. The molecule has 0 spiro atoms. The third-order valence-corrected chi connectivity index (χ3v) is 3.42. The maximum atomic E-state index is 11.9. The Morgan fingerprint density at radius 3 is 2.86 bits per heavy atom. The van der Waals surface area contributed by atoms with E-state index in [4.69, 9.17) is 9.47 Å². The Labute approximate surface area is 128 Å².